The van der Waals surface area contributed by atoms with Gasteiger partial charge < -0.3 is 15.2 Å². The van der Waals surface area contributed by atoms with Crippen LogP contribution in [-0.2, 0) is 0 Å². The van der Waals surface area contributed by atoms with Crippen molar-refractivity contribution in [1.29, 1.82) is 0 Å². The van der Waals surface area contributed by atoms with Crippen molar-refractivity contribution >= 4 is 33.4 Å². The number of benzene rings is 1. The SMILES string of the molecule is CNc1nc(C(=O)N2CCCC(c3nc4c(C)cccc4[nH]3)C2)cs1. The highest BCUT2D eigenvalue weighted by molar-refractivity contribution is 7.13. The minimum atomic E-state index is 0.00902. The van der Waals surface area contributed by atoms with Gasteiger partial charge in [-0.25, -0.2) is 9.97 Å². The highest BCUT2D eigenvalue weighted by Crippen LogP contribution is 2.28. The van der Waals surface area contributed by atoms with Gasteiger partial charge in [-0.15, -0.1) is 11.3 Å². The van der Waals surface area contributed by atoms with Gasteiger partial charge in [0.2, 0.25) is 0 Å². The molecule has 2 aromatic heterocycles. The lowest BCUT2D eigenvalue weighted by Crippen LogP contribution is -2.39. The van der Waals surface area contributed by atoms with Crippen molar-refractivity contribution < 1.29 is 4.79 Å². The summed E-state index contributed by atoms with van der Waals surface area (Å²) < 4.78 is 0. The summed E-state index contributed by atoms with van der Waals surface area (Å²) in [6, 6.07) is 6.17. The van der Waals surface area contributed by atoms with E-state index in [4.69, 9.17) is 4.98 Å². The van der Waals surface area contributed by atoms with Crippen LogP contribution in [0.4, 0.5) is 5.13 Å². The molecule has 1 amide bonds. The van der Waals surface area contributed by atoms with E-state index in [1.807, 2.05) is 23.4 Å². The quantitative estimate of drug-likeness (QED) is 0.755. The highest BCUT2D eigenvalue weighted by Gasteiger charge is 2.28. The van der Waals surface area contributed by atoms with Crippen LogP contribution in [0, 0.1) is 6.92 Å². The standard InChI is InChI=1S/C18H21N5OS/c1-11-5-3-7-13-15(11)22-16(20-13)12-6-4-8-23(9-12)17(24)14-10-25-18(19-2)21-14/h3,5,7,10,12H,4,6,8-9H2,1-2H3,(H,19,21)(H,20,22). The van der Waals surface area contributed by atoms with Crippen molar-refractivity contribution in [3.63, 3.8) is 0 Å². The molecule has 1 aliphatic rings. The number of likely N-dealkylation sites (tertiary alicyclic amines) is 1. The fraction of sp³-hybridized carbons (Fsp3) is 0.389. The van der Waals surface area contributed by atoms with Crippen LogP contribution < -0.4 is 5.32 Å². The predicted molar refractivity (Wildman–Crippen MR) is 100 cm³/mol. The number of piperidine rings is 1. The third-order valence-corrected chi connectivity index (χ3v) is 5.63. The van der Waals surface area contributed by atoms with Crippen LogP contribution in [-0.4, -0.2) is 45.9 Å². The molecule has 0 aliphatic carbocycles. The molecule has 6 nitrogen and oxygen atoms in total. The van der Waals surface area contributed by atoms with E-state index in [9.17, 15) is 4.79 Å². The van der Waals surface area contributed by atoms with Gasteiger partial charge in [-0.3, -0.25) is 4.79 Å². The third kappa shape index (κ3) is 3.00. The second kappa shape index (κ2) is 6.48. The topological polar surface area (TPSA) is 73.9 Å². The molecule has 1 aromatic carbocycles. The maximum atomic E-state index is 12.7. The Morgan fingerprint density at radius 3 is 3.04 bits per heavy atom. The number of carbonyl (C=O) groups is 1. The number of fused-ring (bicyclic) bond motifs is 1. The lowest BCUT2D eigenvalue weighted by Gasteiger charge is -2.31. The van der Waals surface area contributed by atoms with Crippen LogP contribution in [0.15, 0.2) is 23.6 Å². The van der Waals surface area contributed by atoms with Crippen molar-refractivity contribution in [1.82, 2.24) is 19.9 Å². The Bertz CT molecular complexity index is 915. The summed E-state index contributed by atoms with van der Waals surface area (Å²) in [5.41, 5.74) is 3.79. The number of H-pyrrole nitrogens is 1. The zero-order valence-electron chi connectivity index (χ0n) is 14.4. The summed E-state index contributed by atoms with van der Waals surface area (Å²) in [6.45, 7) is 3.54. The molecule has 0 spiro atoms. The normalized spacial score (nSPS) is 17.8. The smallest absolute Gasteiger partial charge is 0.273 e. The molecule has 1 fully saturated rings. The van der Waals surface area contributed by atoms with Crippen LogP contribution >= 0.6 is 11.3 Å². The first-order valence-corrected chi connectivity index (χ1v) is 9.41. The van der Waals surface area contributed by atoms with Gasteiger partial charge in [0.15, 0.2) is 5.13 Å². The number of aromatic nitrogens is 3. The summed E-state index contributed by atoms with van der Waals surface area (Å²) in [5.74, 6) is 1.23. The van der Waals surface area contributed by atoms with Crippen LogP contribution in [0.2, 0.25) is 0 Å². The van der Waals surface area contributed by atoms with Crippen molar-refractivity contribution in [2.75, 3.05) is 25.5 Å². The van der Waals surface area contributed by atoms with Crippen LogP contribution in [0.1, 0.15) is 40.6 Å². The number of nitrogens with zero attached hydrogens (tertiary/aromatic N) is 3. The number of carbonyl (C=O) groups excluding carboxylic acids is 1. The molecule has 3 heterocycles. The van der Waals surface area contributed by atoms with Gasteiger partial charge in [0, 0.05) is 31.4 Å². The van der Waals surface area contributed by atoms with E-state index in [1.165, 1.54) is 16.9 Å². The molecule has 1 aliphatic heterocycles. The maximum Gasteiger partial charge on any atom is 0.273 e. The number of hydrogen-bond acceptors (Lipinski definition) is 5. The van der Waals surface area contributed by atoms with Gasteiger partial charge in [-0.05, 0) is 31.4 Å². The van der Waals surface area contributed by atoms with E-state index >= 15 is 0 Å². The Morgan fingerprint density at radius 1 is 1.40 bits per heavy atom. The molecule has 0 saturated carbocycles. The first-order valence-electron chi connectivity index (χ1n) is 8.53. The number of aromatic amines is 1. The predicted octanol–water partition coefficient (Wildman–Crippen LogP) is 3.39. The van der Waals surface area contributed by atoms with E-state index in [0.717, 1.165) is 41.4 Å². The van der Waals surface area contributed by atoms with E-state index in [0.29, 0.717) is 12.2 Å². The number of aryl methyl sites for hydroxylation is 1. The summed E-state index contributed by atoms with van der Waals surface area (Å²) in [7, 11) is 1.81. The number of anilines is 1. The fourth-order valence-corrected chi connectivity index (χ4v) is 4.07. The first-order chi connectivity index (χ1) is 12.2. The number of imidazole rings is 1. The zero-order valence-corrected chi connectivity index (χ0v) is 15.2. The van der Waals surface area contributed by atoms with Gasteiger partial charge in [-0.1, -0.05) is 12.1 Å². The van der Waals surface area contributed by atoms with E-state index in [1.54, 1.807) is 0 Å². The Balaban J connectivity index is 1.55. The van der Waals surface area contributed by atoms with Crippen molar-refractivity contribution in [3.8, 4) is 0 Å². The summed E-state index contributed by atoms with van der Waals surface area (Å²) in [5, 5.41) is 5.57. The van der Waals surface area contributed by atoms with E-state index in [-0.39, 0.29) is 11.8 Å². The van der Waals surface area contributed by atoms with Crippen molar-refractivity contribution in [3.05, 3.63) is 40.7 Å². The molecule has 1 atom stereocenters. The maximum absolute atomic E-state index is 12.7. The second-order valence-corrected chi connectivity index (χ2v) is 7.33. The number of thiazole rings is 1. The van der Waals surface area contributed by atoms with Crippen molar-refractivity contribution in [2.45, 2.75) is 25.7 Å². The molecule has 0 bridgehead atoms. The molecule has 25 heavy (non-hydrogen) atoms. The molecular formula is C18H21N5OS. The van der Waals surface area contributed by atoms with E-state index in [2.05, 4.69) is 34.3 Å². The third-order valence-electron chi connectivity index (χ3n) is 4.77. The highest BCUT2D eigenvalue weighted by atomic mass is 32.1. The van der Waals surface area contributed by atoms with Gasteiger partial charge >= 0.3 is 0 Å². The van der Waals surface area contributed by atoms with Crippen LogP contribution in [0.5, 0.6) is 0 Å². The number of amides is 1. The average Bonchev–Trinajstić information content (AvgIpc) is 3.29. The summed E-state index contributed by atoms with van der Waals surface area (Å²) in [4.78, 5) is 27.2. The number of rotatable bonds is 3. The summed E-state index contributed by atoms with van der Waals surface area (Å²) >= 11 is 1.46. The molecule has 2 N–H and O–H groups in total. The van der Waals surface area contributed by atoms with Gasteiger partial charge in [-0.2, -0.15) is 0 Å². The lowest BCUT2D eigenvalue weighted by molar-refractivity contribution is 0.0700. The fourth-order valence-electron chi connectivity index (χ4n) is 3.42. The molecule has 1 unspecified atom stereocenters. The Labute approximate surface area is 150 Å². The average molecular weight is 355 g/mol. The minimum absolute atomic E-state index is 0.00902. The lowest BCUT2D eigenvalue weighted by atomic mass is 9.97. The Kier molecular flexibility index (Phi) is 4.17. The van der Waals surface area contributed by atoms with E-state index < -0.39 is 0 Å². The van der Waals surface area contributed by atoms with Crippen molar-refractivity contribution in [2.24, 2.45) is 0 Å². The number of nitrogens with one attached hydrogen (secondary N) is 2. The monoisotopic (exact) mass is 355 g/mol. The Morgan fingerprint density at radius 2 is 2.28 bits per heavy atom. The molecule has 3 aromatic rings. The number of para-hydroxylation sites is 1. The van der Waals surface area contributed by atoms with Crippen LogP contribution in [0.25, 0.3) is 11.0 Å². The largest absolute Gasteiger partial charge is 0.365 e. The molecule has 4 rings (SSSR count). The molecule has 130 valence electrons. The van der Waals surface area contributed by atoms with Gasteiger partial charge in [0.05, 0.1) is 11.0 Å². The molecule has 7 heteroatoms. The second-order valence-electron chi connectivity index (χ2n) is 6.47. The van der Waals surface area contributed by atoms with Crippen LogP contribution in [0.3, 0.4) is 0 Å². The zero-order chi connectivity index (χ0) is 17.4. The van der Waals surface area contributed by atoms with Gasteiger partial charge in [0.25, 0.3) is 5.91 Å². The summed E-state index contributed by atoms with van der Waals surface area (Å²) in [6.07, 6.45) is 2.02. The number of hydrogen-bond donors (Lipinski definition) is 2. The minimum Gasteiger partial charge on any atom is -0.365 e. The Hall–Kier alpha value is -2.41. The molecule has 0 radical (unpaired) electrons. The first kappa shape index (κ1) is 16.1. The van der Waals surface area contributed by atoms with Gasteiger partial charge in [0.1, 0.15) is 11.5 Å². The molecular weight excluding hydrogens is 334 g/mol. The molecule has 1 saturated heterocycles.